The monoisotopic (exact) mass is 348 g/mol. The highest BCUT2D eigenvalue weighted by Gasteiger charge is 2.24. The number of anilines is 1. The van der Waals surface area contributed by atoms with Crippen LogP contribution in [0, 0.1) is 6.92 Å². The van der Waals surface area contributed by atoms with Gasteiger partial charge in [0.15, 0.2) is 0 Å². The Balaban J connectivity index is 1.50. The number of aromatic nitrogens is 2. The lowest BCUT2D eigenvalue weighted by Crippen LogP contribution is -2.49. The van der Waals surface area contributed by atoms with Crippen molar-refractivity contribution in [3.63, 3.8) is 0 Å². The SMILES string of the molecule is CCOc1cc(C)nc(N2CCN(C(=O)CC[C@@H]3CCCO3)CC2)n1. The quantitative estimate of drug-likeness (QED) is 0.781. The van der Waals surface area contributed by atoms with Gasteiger partial charge in [0, 0.05) is 51.0 Å². The predicted molar refractivity (Wildman–Crippen MR) is 94.9 cm³/mol. The van der Waals surface area contributed by atoms with Crippen LogP contribution in [0.15, 0.2) is 6.07 Å². The van der Waals surface area contributed by atoms with Gasteiger partial charge in [0.25, 0.3) is 0 Å². The smallest absolute Gasteiger partial charge is 0.228 e. The van der Waals surface area contributed by atoms with Crippen molar-refractivity contribution >= 4 is 11.9 Å². The Bertz CT molecular complexity index is 582. The first-order valence-electron chi connectivity index (χ1n) is 9.28. The summed E-state index contributed by atoms with van der Waals surface area (Å²) in [5.41, 5.74) is 0.892. The van der Waals surface area contributed by atoms with Crippen LogP contribution in [-0.4, -0.2) is 66.3 Å². The molecule has 3 heterocycles. The second-order valence-corrected chi connectivity index (χ2v) is 6.62. The number of piperazine rings is 1. The number of ether oxygens (including phenoxy) is 2. The number of aryl methyl sites for hydroxylation is 1. The maximum atomic E-state index is 12.4. The number of carbonyl (C=O) groups excluding carboxylic acids is 1. The normalized spacial score (nSPS) is 20.8. The second kappa shape index (κ2) is 8.47. The Hall–Kier alpha value is -1.89. The molecule has 0 radical (unpaired) electrons. The van der Waals surface area contributed by atoms with Gasteiger partial charge in [-0.05, 0) is 33.1 Å². The third-order valence-electron chi connectivity index (χ3n) is 4.73. The zero-order valence-electron chi connectivity index (χ0n) is 15.2. The fourth-order valence-electron chi connectivity index (χ4n) is 3.36. The van der Waals surface area contributed by atoms with Crippen LogP contribution < -0.4 is 9.64 Å². The maximum absolute atomic E-state index is 12.4. The molecule has 0 saturated carbocycles. The van der Waals surface area contributed by atoms with Crippen LogP contribution in [0.5, 0.6) is 5.88 Å². The molecule has 3 rings (SSSR count). The van der Waals surface area contributed by atoms with E-state index in [4.69, 9.17) is 9.47 Å². The molecule has 0 aromatic carbocycles. The van der Waals surface area contributed by atoms with E-state index in [1.165, 1.54) is 0 Å². The van der Waals surface area contributed by atoms with Crippen LogP contribution in [0.2, 0.25) is 0 Å². The Morgan fingerprint density at radius 2 is 2.12 bits per heavy atom. The summed E-state index contributed by atoms with van der Waals surface area (Å²) in [6, 6.07) is 1.85. The first-order valence-corrected chi connectivity index (χ1v) is 9.28. The standard InChI is InChI=1S/C18H28N4O3/c1-3-24-16-13-14(2)19-18(20-16)22-10-8-21(9-11-22)17(23)7-6-15-5-4-12-25-15/h13,15H,3-12H2,1-2H3/t15-/m0/s1. The van der Waals surface area contributed by atoms with Crippen LogP contribution in [-0.2, 0) is 9.53 Å². The average molecular weight is 348 g/mol. The van der Waals surface area contributed by atoms with E-state index in [1.807, 2.05) is 24.8 Å². The van der Waals surface area contributed by atoms with Crippen molar-refractivity contribution in [3.8, 4) is 5.88 Å². The fraction of sp³-hybridized carbons (Fsp3) is 0.722. The molecule has 2 aliphatic heterocycles. The Morgan fingerprint density at radius 3 is 2.80 bits per heavy atom. The lowest BCUT2D eigenvalue weighted by molar-refractivity contribution is -0.132. The molecule has 2 saturated heterocycles. The summed E-state index contributed by atoms with van der Waals surface area (Å²) >= 11 is 0. The number of hydrogen-bond donors (Lipinski definition) is 0. The van der Waals surface area contributed by atoms with Crippen LogP contribution in [0.25, 0.3) is 0 Å². The summed E-state index contributed by atoms with van der Waals surface area (Å²) in [4.78, 5) is 25.5. The number of amides is 1. The third-order valence-corrected chi connectivity index (χ3v) is 4.73. The van der Waals surface area contributed by atoms with E-state index in [0.717, 1.165) is 44.7 Å². The van der Waals surface area contributed by atoms with Gasteiger partial charge in [-0.2, -0.15) is 4.98 Å². The zero-order chi connectivity index (χ0) is 17.6. The molecule has 0 N–H and O–H groups in total. The number of hydrogen-bond acceptors (Lipinski definition) is 6. The fourth-order valence-corrected chi connectivity index (χ4v) is 3.36. The minimum absolute atomic E-state index is 0.232. The highest BCUT2D eigenvalue weighted by atomic mass is 16.5. The van der Waals surface area contributed by atoms with E-state index in [9.17, 15) is 4.79 Å². The van der Waals surface area contributed by atoms with E-state index in [0.29, 0.717) is 37.9 Å². The van der Waals surface area contributed by atoms with Gasteiger partial charge < -0.3 is 19.3 Å². The van der Waals surface area contributed by atoms with E-state index in [1.54, 1.807) is 0 Å². The topological polar surface area (TPSA) is 67.8 Å². The average Bonchev–Trinajstić information content (AvgIpc) is 3.13. The predicted octanol–water partition coefficient (Wildman–Crippen LogP) is 1.79. The summed E-state index contributed by atoms with van der Waals surface area (Å²) < 4.78 is 11.1. The van der Waals surface area contributed by atoms with Gasteiger partial charge in [0.1, 0.15) is 0 Å². The minimum Gasteiger partial charge on any atom is -0.478 e. The maximum Gasteiger partial charge on any atom is 0.228 e. The van der Waals surface area contributed by atoms with Crippen LogP contribution >= 0.6 is 0 Å². The number of rotatable bonds is 6. The number of nitrogens with zero attached hydrogens (tertiary/aromatic N) is 4. The van der Waals surface area contributed by atoms with E-state index in [2.05, 4.69) is 14.9 Å². The molecule has 1 aromatic heterocycles. The molecule has 2 fully saturated rings. The number of carbonyl (C=O) groups is 1. The van der Waals surface area contributed by atoms with Crippen molar-refractivity contribution in [2.75, 3.05) is 44.3 Å². The lowest BCUT2D eigenvalue weighted by atomic mass is 10.1. The van der Waals surface area contributed by atoms with Crippen molar-refractivity contribution in [1.29, 1.82) is 0 Å². The molecule has 0 unspecified atom stereocenters. The molecule has 1 amide bonds. The molecule has 7 heteroatoms. The van der Waals surface area contributed by atoms with E-state index in [-0.39, 0.29) is 12.0 Å². The summed E-state index contributed by atoms with van der Waals surface area (Å²) in [6.07, 6.45) is 3.92. The van der Waals surface area contributed by atoms with Crippen molar-refractivity contribution in [3.05, 3.63) is 11.8 Å². The molecular weight excluding hydrogens is 320 g/mol. The molecule has 2 aliphatic rings. The summed E-state index contributed by atoms with van der Waals surface area (Å²) in [7, 11) is 0. The molecule has 1 aromatic rings. The Labute approximate surface area is 149 Å². The lowest BCUT2D eigenvalue weighted by Gasteiger charge is -2.35. The van der Waals surface area contributed by atoms with Gasteiger partial charge in [0.05, 0.1) is 12.7 Å². The molecule has 25 heavy (non-hydrogen) atoms. The third kappa shape index (κ3) is 4.81. The van der Waals surface area contributed by atoms with Crippen LogP contribution in [0.4, 0.5) is 5.95 Å². The van der Waals surface area contributed by atoms with Crippen LogP contribution in [0.1, 0.15) is 38.3 Å². The van der Waals surface area contributed by atoms with Gasteiger partial charge in [0.2, 0.25) is 17.7 Å². The molecule has 0 spiro atoms. The van der Waals surface area contributed by atoms with Gasteiger partial charge in [-0.15, -0.1) is 0 Å². The zero-order valence-corrected chi connectivity index (χ0v) is 15.2. The Kier molecular flexibility index (Phi) is 6.07. The van der Waals surface area contributed by atoms with Gasteiger partial charge in [-0.25, -0.2) is 4.98 Å². The molecule has 1 atom stereocenters. The van der Waals surface area contributed by atoms with Crippen molar-refractivity contribution in [2.45, 2.75) is 45.6 Å². The summed E-state index contributed by atoms with van der Waals surface area (Å²) in [6.45, 7) is 8.25. The van der Waals surface area contributed by atoms with Crippen molar-refractivity contribution in [1.82, 2.24) is 14.9 Å². The summed E-state index contributed by atoms with van der Waals surface area (Å²) in [5, 5.41) is 0. The van der Waals surface area contributed by atoms with Gasteiger partial charge in [-0.3, -0.25) is 4.79 Å². The Morgan fingerprint density at radius 1 is 1.32 bits per heavy atom. The minimum atomic E-state index is 0.232. The summed E-state index contributed by atoms with van der Waals surface area (Å²) in [5.74, 6) is 1.53. The van der Waals surface area contributed by atoms with Crippen LogP contribution in [0.3, 0.4) is 0 Å². The first-order chi connectivity index (χ1) is 12.2. The molecule has 7 nitrogen and oxygen atoms in total. The highest BCUT2D eigenvalue weighted by molar-refractivity contribution is 5.76. The van der Waals surface area contributed by atoms with Gasteiger partial charge >= 0.3 is 0 Å². The first kappa shape index (κ1) is 17.9. The van der Waals surface area contributed by atoms with E-state index < -0.39 is 0 Å². The molecule has 0 aliphatic carbocycles. The second-order valence-electron chi connectivity index (χ2n) is 6.62. The van der Waals surface area contributed by atoms with Crippen molar-refractivity contribution < 1.29 is 14.3 Å². The van der Waals surface area contributed by atoms with Crippen molar-refractivity contribution in [2.24, 2.45) is 0 Å². The van der Waals surface area contributed by atoms with E-state index >= 15 is 0 Å². The molecular formula is C18H28N4O3. The molecule has 0 bridgehead atoms. The highest BCUT2D eigenvalue weighted by Crippen LogP contribution is 2.19. The molecule has 138 valence electrons. The van der Waals surface area contributed by atoms with Gasteiger partial charge in [-0.1, -0.05) is 0 Å². The largest absolute Gasteiger partial charge is 0.478 e.